The minimum absolute atomic E-state index is 0.0988. The van der Waals surface area contributed by atoms with Gasteiger partial charge in [-0.15, -0.1) is 0 Å². The van der Waals surface area contributed by atoms with Crippen molar-refractivity contribution in [1.82, 2.24) is 29.3 Å². The summed E-state index contributed by atoms with van der Waals surface area (Å²) in [5, 5.41) is 10.8. The lowest BCUT2D eigenvalue weighted by Gasteiger charge is -2.23. The molecule has 0 aliphatic heterocycles. The van der Waals surface area contributed by atoms with Crippen LogP contribution in [0.25, 0.3) is 22.6 Å². The van der Waals surface area contributed by atoms with E-state index in [0.717, 1.165) is 52.3 Å². The SMILES string of the molecule is CC(=O)Nc1ccc(Nc2nc(-c3c(C)nn(C)c3C)nc3c2ncn3C2CCCCC2)cc1. The van der Waals surface area contributed by atoms with Gasteiger partial charge in [-0.2, -0.15) is 5.10 Å². The average molecular weight is 459 g/mol. The van der Waals surface area contributed by atoms with E-state index in [1.54, 1.807) is 0 Å². The van der Waals surface area contributed by atoms with Crippen LogP contribution < -0.4 is 10.6 Å². The molecule has 5 rings (SSSR count). The number of nitrogens with one attached hydrogen (secondary N) is 2. The number of anilines is 3. The highest BCUT2D eigenvalue weighted by Gasteiger charge is 2.23. The summed E-state index contributed by atoms with van der Waals surface area (Å²) in [5.41, 5.74) is 6.06. The van der Waals surface area contributed by atoms with Gasteiger partial charge in [0.15, 0.2) is 22.8 Å². The fourth-order valence-corrected chi connectivity index (χ4v) is 4.82. The van der Waals surface area contributed by atoms with Crippen molar-refractivity contribution in [1.29, 1.82) is 0 Å². The Bertz CT molecular complexity index is 1350. The maximum atomic E-state index is 11.3. The van der Waals surface area contributed by atoms with Crippen LogP contribution in [0.15, 0.2) is 30.6 Å². The van der Waals surface area contributed by atoms with Crippen molar-refractivity contribution in [2.45, 2.75) is 58.9 Å². The van der Waals surface area contributed by atoms with Crippen LogP contribution in [-0.2, 0) is 11.8 Å². The fourth-order valence-electron chi connectivity index (χ4n) is 4.82. The summed E-state index contributed by atoms with van der Waals surface area (Å²) < 4.78 is 4.09. The van der Waals surface area contributed by atoms with Crippen LogP contribution in [0.3, 0.4) is 0 Å². The summed E-state index contributed by atoms with van der Waals surface area (Å²) >= 11 is 0. The predicted molar refractivity (Wildman–Crippen MR) is 133 cm³/mol. The molecule has 0 spiro atoms. The lowest BCUT2D eigenvalue weighted by Crippen LogP contribution is -2.13. The highest BCUT2D eigenvalue weighted by Crippen LogP contribution is 2.34. The molecular weight excluding hydrogens is 428 g/mol. The first kappa shape index (κ1) is 22.1. The number of imidazole rings is 1. The van der Waals surface area contributed by atoms with Crippen LogP contribution in [0.4, 0.5) is 17.2 Å². The number of carbonyl (C=O) groups excluding carboxylic acids is 1. The van der Waals surface area contributed by atoms with Crippen LogP contribution in [-0.4, -0.2) is 35.2 Å². The molecule has 0 radical (unpaired) electrons. The van der Waals surface area contributed by atoms with E-state index in [-0.39, 0.29) is 5.91 Å². The number of nitrogens with zero attached hydrogens (tertiary/aromatic N) is 6. The van der Waals surface area contributed by atoms with Gasteiger partial charge in [0.1, 0.15) is 0 Å². The van der Waals surface area contributed by atoms with Crippen LogP contribution in [0.5, 0.6) is 0 Å². The Labute approximate surface area is 198 Å². The zero-order valence-electron chi connectivity index (χ0n) is 20.1. The Balaban J connectivity index is 1.61. The van der Waals surface area contributed by atoms with E-state index in [4.69, 9.17) is 15.0 Å². The van der Waals surface area contributed by atoms with E-state index in [9.17, 15) is 4.79 Å². The van der Waals surface area contributed by atoms with Gasteiger partial charge in [0.05, 0.1) is 17.6 Å². The van der Waals surface area contributed by atoms with Crippen molar-refractivity contribution < 1.29 is 4.79 Å². The molecule has 9 heteroatoms. The van der Waals surface area contributed by atoms with Gasteiger partial charge >= 0.3 is 0 Å². The number of aromatic nitrogens is 6. The van der Waals surface area contributed by atoms with Crippen LogP contribution in [0.2, 0.25) is 0 Å². The highest BCUT2D eigenvalue weighted by molar-refractivity contribution is 5.90. The van der Waals surface area contributed by atoms with Crippen molar-refractivity contribution in [3.05, 3.63) is 42.0 Å². The first-order chi connectivity index (χ1) is 16.4. The summed E-state index contributed by atoms with van der Waals surface area (Å²) in [4.78, 5) is 26.0. The number of fused-ring (bicyclic) bond motifs is 1. The number of benzene rings is 1. The second-order valence-corrected chi connectivity index (χ2v) is 9.06. The molecule has 176 valence electrons. The second kappa shape index (κ2) is 8.89. The van der Waals surface area contributed by atoms with Gasteiger partial charge < -0.3 is 15.2 Å². The zero-order chi connectivity index (χ0) is 23.8. The van der Waals surface area contributed by atoms with Gasteiger partial charge in [-0.3, -0.25) is 9.48 Å². The van der Waals surface area contributed by atoms with Gasteiger partial charge in [0.2, 0.25) is 5.91 Å². The molecule has 0 atom stereocenters. The monoisotopic (exact) mass is 458 g/mol. The molecule has 3 aromatic heterocycles. The van der Waals surface area contributed by atoms with Crippen molar-refractivity contribution in [2.24, 2.45) is 7.05 Å². The first-order valence-corrected chi connectivity index (χ1v) is 11.8. The largest absolute Gasteiger partial charge is 0.338 e. The summed E-state index contributed by atoms with van der Waals surface area (Å²) in [5.74, 6) is 1.20. The third-order valence-electron chi connectivity index (χ3n) is 6.59. The summed E-state index contributed by atoms with van der Waals surface area (Å²) in [6.07, 6.45) is 7.95. The minimum atomic E-state index is -0.0988. The molecule has 34 heavy (non-hydrogen) atoms. The Morgan fingerprint density at radius 2 is 1.74 bits per heavy atom. The molecule has 1 fully saturated rings. The zero-order valence-corrected chi connectivity index (χ0v) is 20.1. The molecule has 0 unspecified atom stereocenters. The Morgan fingerprint density at radius 3 is 2.38 bits per heavy atom. The number of carbonyl (C=O) groups is 1. The molecule has 1 aliphatic rings. The molecule has 0 bridgehead atoms. The van der Waals surface area contributed by atoms with Gasteiger partial charge in [-0.25, -0.2) is 15.0 Å². The molecular formula is C25H30N8O. The summed E-state index contributed by atoms with van der Waals surface area (Å²) in [7, 11) is 1.94. The maximum Gasteiger partial charge on any atom is 0.221 e. The summed E-state index contributed by atoms with van der Waals surface area (Å²) in [6, 6.07) is 7.95. The molecule has 3 heterocycles. The van der Waals surface area contributed by atoms with E-state index in [1.807, 2.05) is 56.2 Å². The van der Waals surface area contributed by atoms with E-state index in [0.29, 0.717) is 17.7 Å². The van der Waals surface area contributed by atoms with E-state index >= 15 is 0 Å². The topological polar surface area (TPSA) is 103 Å². The van der Waals surface area contributed by atoms with Gasteiger partial charge in [0.25, 0.3) is 0 Å². The minimum Gasteiger partial charge on any atom is -0.338 e. The standard InChI is InChI=1S/C25H30N8O/c1-15-21(16(2)32(4)31-15)23-29-24(28-19-12-10-18(11-13-19)27-17(3)34)22-25(30-23)33(14-26-22)20-8-6-5-7-9-20/h10-14,20H,5-9H2,1-4H3,(H,27,34)(H,28,29,30). The van der Waals surface area contributed by atoms with E-state index < -0.39 is 0 Å². The van der Waals surface area contributed by atoms with Crippen LogP contribution in [0.1, 0.15) is 56.5 Å². The molecule has 1 amide bonds. The van der Waals surface area contributed by atoms with Crippen molar-refractivity contribution in [3.8, 4) is 11.4 Å². The third-order valence-corrected chi connectivity index (χ3v) is 6.59. The maximum absolute atomic E-state index is 11.3. The Hall–Kier alpha value is -3.75. The normalized spacial score (nSPS) is 14.5. The van der Waals surface area contributed by atoms with E-state index in [2.05, 4.69) is 20.3 Å². The van der Waals surface area contributed by atoms with E-state index in [1.165, 1.54) is 26.2 Å². The second-order valence-electron chi connectivity index (χ2n) is 9.06. The number of rotatable bonds is 5. The average Bonchev–Trinajstić information content (AvgIpc) is 3.35. The van der Waals surface area contributed by atoms with Crippen LogP contribution in [0, 0.1) is 13.8 Å². The lowest BCUT2D eigenvalue weighted by atomic mass is 9.95. The van der Waals surface area contributed by atoms with Crippen LogP contribution >= 0.6 is 0 Å². The number of aryl methyl sites for hydroxylation is 2. The van der Waals surface area contributed by atoms with Crippen molar-refractivity contribution in [3.63, 3.8) is 0 Å². The highest BCUT2D eigenvalue weighted by atomic mass is 16.1. The Kier molecular flexibility index (Phi) is 5.77. The van der Waals surface area contributed by atoms with Crippen molar-refractivity contribution >= 4 is 34.3 Å². The van der Waals surface area contributed by atoms with Gasteiger partial charge in [-0.1, -0.05) is 19.3 Å². The number of hydrogen-bond donors (Lipinski definition) is 2. The van der Waals surface area contributed by atoms with Gasteiger partial charge in [-0.05, 0) is 51.0 Å². The van der Waals surface area contributed by atoms with Gasteiger partial charge in [0, 0.05) is 37.1 Å². The molecule has 1 aliphatic carbocycles. The first-order valence-electron chi connectivity index (χ1n) is 11.8. The smallest absolute Gasteiger partial charge is 0.221 e. The quantitative estimate of drug-likeness (QED) is 0.434. The summed E-state index contributed by atoms with van der Waals surface area (Å²) in [6.45, 7) is 5.52. The van der Waals surface area contributed by atoms with Crippen molar-refractivity contribution in [2.75, 3.05) is 10.6 Å². The molecule has 9 nitrogen and oxygen atoms in total. The third kappa shape index (κ3) is 4.13. The predicted octanol–water partition coefficient (Wildman–Crippen LogP) is 5.05. The number of hydrogen-bond acceptors (Lipinski definition) is 6. The Morgan fingerprint density at radius 1 is 1.03 bits per heavy atom. The molecule has 0 saturated heterocycles. The number of amides is 1. The molecule has 4 aromatic rings. The fraction of sp³-hybridized carbons (Fsp3) is 0.400. The molecule has 1 saturated carbocycles. The molecule has 1 aromatic carbocycles. The molecule has 2 N–H and O–H groups in total. The lowest BCUT2D eigenvalue weighted by molar-refractivity contribution is -0.114.